The van der Waals surface area contributed by atoms with Crippen molar-refractivity contribution in [2.45, 2.75) is 6.42 Å². The second-order valence-corrected chi connectivity index (χ2v) is 5.04. The number of carbonyl (C=O) groups is 1. The fourth-order valence-corrected chi connectivity index (χ4v) is 2.30. The molecule has 2 aromatic rings. The second-order valence-electron chi connectivity index (χ2n) is 4.26. The first-order chi connectivity index (χ1) is 10.2. The van der Waals surface area contributed by atoms with Gasteiger partial charge in [-0.1, -0.05) is 11.2 Å². The van der Waals surface area contributed by atoms with Crippen molar-refractivity contribution >= 4 is 28.8 Å². The molecule has 7 heteroatoms. The zero-order valence-electron chi connectivity index (χ0n) is 11.2. The Morgan fingerprint density at radius 3 is 3.00 bits per heavy atom. The number of thiophene rings is 1. The molecular formula is C14H15N3O3S. The molecule has 0 unspecified atom stereocenters. The summed E-state index contributed by atoms with van der Waals surface area (Å²) in [5.74, 6) is 0.402. The van der Waals surface area contributed by atoms with E-state index in [0.29, 0.717) is 17.9 Å². The lowest BCUT2D eigenvalue weighted by Gasteiger charge is -2.08. The maximum Gasteiger partial charge on any atom is 0.228 e. The van der Waals surface area contributed by atoms with E-state index in [1.54, 1.807) is 35.6 Å². The predicted octanol–water partition coefficient (Wildman–Crippen LogP) is 2.05. The molecule has 2 rings (SSSR count). The molecule has 0 saturated carbocycles. The van der Waals surface area contributed by atoms with Gasteiger partial charge in [-0.05, 0) is 34.5 Å². The van der Waals surface area contributed by atoms with Crippen molar-refractivity contribution < 1.29 is 14.7 Å². The van der Waals surface area contributed by atoms with Crippen LogP contribution in [-0.2, 0) is 11.2 Å². The minimum Gasteiger partial charge on any atom is -0.485 e. The number of amides is 1. The van der Waals surface area contributed by atoms with E-state index in [9.17, 15) is 4.79 Å². The minimum absolute atomic E-state index is 0.0250. The van der Waals surface area contributed by atoms with E-state index < -0.39 is 0 Å². The first-order valence-electron chi connectivity index (χ1n) is 6.17. The smallest absolute Gasteiger partial charge is 0.228 e. The van der Waals surface area contributed by atoms with Crippen LogP contribution in [0.5, 0.6) is 5.75 Å². The van der Waals surface area contributed by atoms with Crippen LogP contribution in [-0.4, -0.2) is 23.6 Å². The van der Waals surface area contributed by atoms with Gasteiger partial charge < -0.3 is 21.0 Å². The van der Waals surface area contributed by atoms with Crippen molar-refractivity contribution in [3.63, 3.8) is 0 Å². The van der Waals surface area contributed by atoms with Crippen LogP contribution in [0.25, 0.3) is 0 Å². The van der Waals surface area contributed by atoms with Gasteiger partial charge in [-0.25, -0.2) is 0 Å². The zero-order chi connectivity index (χ0) is 15.1. The average molecular weight is 305 g/mol. The van der Waals surface area contributed by atoms with Crippen molar-refractivity contribution in [3.8, 4) is 5.75 Å². The first kappa shape index (κ1) is 14.9. The van der Waals surface area contributed by atoms with Crippen LogP contribution in [0.1, 0.15) is 5.56 Å². The monoisotopic (exact) mass is 305 g/mol. The molecule has 0 saturated heterocycles. The molecule has 110 valence electrons. The van der Waals surface area contributed by atoms with Crippen LogP contribution in [0, 0.1) is 0 Å². The van der Waals surface area contributed by atoms with Gasteiger partial charge in [-0.3, -0.25) is 4.79 Å². The number of carbonyl (C=O) groups excluding carboxylic acids is 1. The number of hydrogen-bond acceptors (Lipinski definition) is 5. The van der Waals surface area contributed by atoms with E-state index in [4.69, 9.17) is 15.7 Å². The third kappa shape index (κ3) is 4.81. The summed E-state index contributed by atoms with van der Waals surface area (Å²) >= 11 is 1.56. The molecule has 0 bridgehead atoms. The van der Waals surface area contributed by atoms with Gasteiger partial charge in [0.15, 0.2) is 5.84 Å². The molecular weight excluding hydrogens is 290 g/mol. The summed E-state index contributed by atoms with van der Waals surface area (Å²) in [5.41, 5.74) is 6.94. The minimum atomic E-state index is -0.0954. The van der Waals surface area contributed by atoms with Crippen LogP contribution in [0.15, 0.2) is 46.2 Å². The highest BCUT2D eigenvalue weighted by molar-refractivity contribution is 7.08. The number of nitrogens with one attached hydrogen (secondary N) is 1. The largest absolute Gasteiger partial charge is 0.485 e. The van der Waals surface area contributed by atoms with E-state index >= 15 is 0 Å². The summed E-state index contributed by atoms with van der Waals surface area (Å²) in [7, 11) is 0. The zero-order valence-corrected chi connectivity index (χ0v) is 12.0. The summed E-state index contributed by atoms with van der Waals surface area (Å²) in [6, 6.07) is 8.83. The molecule has 4 N–H and O–H groups in total. The average Bonchev–Trinajstić information content (AvgIpc) is 2.97. The van der Waals surface area contributed by atoms with Gasteiger partial charge in [0.05, 0.1) is 6.42 Å². The Labute approximate surface area is 125 Å². The highest BCUT2D eigenvalue weighted by Crippen LogP contribution is 2.17. The van der Waals surface area contributed by atoms with E-state index in [1.165, 1.54) is 0 Å². The summed E-state index contributed by atoms with van der Waals surface area (Å²) in [6.45, 7) is -0.0250. The van der Waals surface area contributed by atoms with Gasteiger partial charge in [-0.2, -0.15) is 11.3 Å². The maximum atomic E-state index is 11.9. The molecule has 0 radical (unpaired) electrons. The Morgan fingerprint density at radius 1 is 1.43 bits per heavy atom. The predicted molar refractivity (Wildman–Crippen MR) is 82.0 cm³/mol. The third-order valence-corrected chi connectivity index (χ3v) is 3.31. The Kier molecular flexibility index (Phi) is 5.16. The summed E-state index contributed by atoms with van der Waals surface area (Å²) in [6.07, 6.45) is 0.332. The fourth-order valence-electron chi connectivity index (χ4n) is 1.63. The summed E-state index contributed by atoms with van der Waals surface area (Å²) in [4.78, 5) is 11.9. The number of nitrogens with zero attached hydrogens (tertiary/aromatic N) is 1. The molecule has 1 aromatic heterocycles. The fraction of sp³-hybridized carbons (Fsp3) is 0.143. The van der Waals surface area contributed by atoms with Crippen molar-refractivity contribution in [1.82, 2.24) is 0 Å². The maximum absolute atomic E-state index is 11.9. The number of nitrogens with two attached hydrogens (primary N) is 1. The van der Waals surface area contributed by atoms with E-state index in [2.05, 4.69) is 10.5 Å². The van der Waals surface area contributed by atoms with Gasteiger partial charge in [-0.15, -0.1) is 0 Å². The van der Waals surface area contributed by atoms with Gasteiger partial charge in [0.25, 0.3) is 0 Å². The summed E-state index contributed by atoms with van der Waals surface area (Å²) in [5, 5.41) is 17.9. The molecule has 0 atom stereocenters. The number of amidine groups is 1. The first-order valence-corrected chi connectivity index (χ1v) is 7.12. The normalized spacial score (nSPS) is 11.1. The number of anilines is 1. The molecule has 21 heavy (non-hydrogen) atoms. The van der Waals surface area contributed by atoms with Gasteiger partial charge in [0.1, 0.15) is 12.4 Å². The SMILES string of the molecule is N/C(COc1cccc(NC(=O)Cc2ccsc2)c1)=N\O. The topological polar surface area (TPSA) is 96.9 Å². The summed E-state index contributed by atoms with van der Waals surface area (Å²) < 4.78 is 5.32. The lowest BCUT2D eigenvalue weighted by molar-refractivity contribution is -0.115. The van der Waals surface area contributed by atoms with E-state index in [-0.39, 0.29) is 18.3 Å². The van der Waals surface area contributed by atoms with Crippen LogP contribution in [0.2, 0.25) is 0 Å². The van der Waals surface area contributed by atoms with Gasteiger partial charge in [0.2, 0.25) is 5.91 Å². The number of hydrogen-bond donors (Lipinski definition) is 3. The Morgan fingerprint density at radius 2 is 2.29 bits per heavy atom. The molecule has 6 nitrogen and oxygen atoms in total. The standard InChI is InChI=1S/C14H15N3O3S/c15-13(17-19)8-20-12-3-1-2-11(7-12)16-14(18)6-10-4-5-21-9-10/h1-5,7,9,19H,6,8H2,(H2,15,17)(H,16,18). The lowest BCUT2D eigenvalue weighted by Crippen LogP contribution is -2.21. The molecule has 0 aliphatic rings. The van der Waals surface area contributed by atoms with Crippen molar-refractivity contribution in [2.75, 3.05) is 11.9 Å². The van der Waals surface area contributed by atoms with E-state index in [1.807, 2.05) is 16.8 Å². The highest BCUT2D eigenvalue weighted by atomic mass is 32.1. The Bertz CT molecular complexity index is 626. The van der Waals surface area contributed by atoms with Crippen LogP contribution in [0.4, 0.5) is 5.69 Å². The Balaban J connectivity index is 1.92. The molecule has 1 amide bonds. The molecule has 0 fully saturated rings. The number of ether oxygens (including phenoxy) is 1. The second kappa shape index (κ2) is 7.30. The van der Waals surface area contributed by atoms with E-state index in [0.717, 1.165) is 5.56 Å². The van der Waals surface area contributed by atoms with Crippen molar-refractivity contribution in [2.24, 2.45) is 10.9 Å². The quantitative estimate of drug-likeness (QED) is 0.329. The Hall–Kier alpha value is -2.54. The van der Waals surface area contributed by atoms with Crippen LogP contribution in [0.3, 0.4) is 0 Å². The number of benzene rings is 1. The molecule has 1 heterocycles. The molecule has 1 aromatic carbocycles. The number of oxime groups is 1. The van der Waals surface area contributed by atoms with Crippen LogP contribution >= 0.6 is 11.3 Å². The third-order valence-electron chi connectivity index (χ3n) is 2.58. The number of rotatable bonds is 6. The molecule has 0 spiro atoms. The highest BCUT2D eigenvalue weighted by Gasteiger charge is 2.05. The van der Waals surface area contributed by atoms with Gasteiger partial charge in [0, 0.05) is 11.8 Å². The van der Waals surface area contributed by atoms with Gasteiger partial charge >= 0.3 is 0 Å². The lowest BCUT2D eigenvalue weighted by atomic mass is 10.2. The molecule has 0 aliphatic carbocycles. The van der Waals surface area contributed by atoms with Crippen molar-refractivity contribution in [1.29, 1.82) is 0 Å². The van der Waals surface area contributed by atoms with Crippen molar-refractivity contribution in [3.05, 3.63) is 46.7 Å². The van der Waals surface area contributed by atoms with Crippen LogP contribution < -0.4 is 15.8 Å². The molecule has 0 aliphatic heterocycles.